The number of nitrogens with two attached hydrogens (primary N) is 1. The minimum Gasteiger partial charge on any atom is -0.355 e. The Morgan fingerprint density at radius 1 is 1.38 bits per heavy atom. The molecule has 0 aromatic heterocycles. The quantitative estimate of drug-likeness (QED) is 0.667. The SMILES string of the molecule is NCCNC(=O)C1CC2CCC1C2. The van der Waals surface area contributed by atoms with Gasteiger partial charge in [0, 0.05) is 19.0 Å². The van der Waals surface area contributed by atoms with Crippen molar-refractivity contribution >= 4 is 5.91 Å². The van der Waals surface area contributed by atoms with Gasteiger partial charge in [0.05, 0.1) is 0 Å². The Balaban J connectivity index is 1.84. The lowest BCUT2D eigenvalue weighted by Crippen LogP contribution is -2.36. The highest BCUT2D eigenvalue weighted by molar-refractivity contribution is 5.79. The Labute approximate surface area is 79.1 Å². The monoisotopic (exact) mass is 182 g/mol. The van der Waals surface area contributed by atoms with E-state index in [0.717, 1.165) is 12.3 Å². The molecule has 2 bridgehead atoms. The van der Waals surface area contributed by atoms with Crippen LogP contribution in [0.4, 0.5) is 0 Å². The molecule has 1 amide bonds. The molecule has 2 rings (SSSR count). The molecule has 0 aromatic rings. The fourth-order valence-corrected chi connectivity index (χ4v) is 2.89. The third-order valence-corrected chi connectivity index (χ3v) is 3.52. The molecule has 3 heteroatoms. The van der Waals surface area contributed by atoms with Gasteiger partial charge in [0.2, 0.25) is 5.91 Å². The average Bonchev–Trinajstić information content (AvgIpc) is 2.74. The van der Waals surface area contributed by atoms with Crippen molar-refractivity contribution in [1.82, 2.24) is 5.32 Å². The zero-order chi connectivity index (χ0) is 9.26. The molecule has 0 spiro atoms. The summed E-state index contributed by atoms with van der Waals surface area (Å²) in [7, 11) is 0. The summed E-state index contributed by atoms with van der Waals surface area (Å²) in [5, 5.41) is 2.90. The van der Waals surface area contributed by atoms with Crippen molar-refractivity contribution in [3.8, 4) is 0 Å². The highest BCUT2D eigenvalue weighted by Crippen LogP contribution is 2.48. The standard InChI is InChI=1S/C10H18N2O/c11-3-4-12-10(13)9-6-7-1-2-8(9)5-7/h7-9H,1-6,11H2,(H,12,13). The van der Waals surface area contributed by atoms with E-state index < -0.39 is 0 Å². The van der Waals surface area contributed by atoms with Crippen LogP contribution in [0.5, 0.6) is 0 Å². The van der Waals surface area contributed by atoms with Gasteiger partial charge in [-0.05, 0) is 31.1 Å². The van der Waals surface area contributed by atoms with Crippen molar-refractivity contribution in [3.05, 3.63) is 0 Å². The van der Waals surface area contributed by atoms with Gasteiger partial charge in [-0.2, -0.15) is 0 Å². The molecule has 3 N–H and O–H groups in total. The number of carbonyl (C=O) groups is 1. The molecule has 0 saturated heterocycles. The maximum atomic E-state index is 11.6. The minimum atomic E-state index is 0.248. The first-order valence-electron chi connectivity index (χ1n) is 5.29. The fraction of sp³-hybridized carbons (Fsp3) is 0.900. The Morgan fingerprint density at radius 3 is 2.77 bits per heavy atom. The van der Waals surface area contributed by atoms with Crippen LogP contribution in [0.25, 0.3) is 0 Å². The zero-order valence-electron chi connectivity index (χ0n) is 7.96. The van der Waals surface area contributed by atoms with Gasteiger partial charge in [-0.25, -0.2) is 0 Å². The fourth-order valence-electron chi connectivity index (χ4n) is 2.89. The molecule has 0 heterocycles. The molecule has 0 radical (unpaired) electrons. The van der Waals surface area contributed by atoms with Crippen LogP contribution in [-0.2, 0) is 4.79 Å². The van der Waals surface area contributed by atoms with E-state index in [0.29, 0.717) is 24.9 Å². The molecule has 13 heavy (non-hydrogen) atoms. The van der Waals surface area contributed by atoms with Crippen molar-refractivity contribution in [2.75, 3.05) is 13.1 Å². The normalized spacial score (nSPS) is 36.5. The van der Waals surface area contributed by atoms with E-state index in [1.165, 1.54) is 19.3 Å². The second kappa shape index (κ2) is 3.66. The zero-order valence-corrected chi connectivity index (χ0v) is 7.96. The van der Waals surface area contributed by atoms with Crippen LogP contribution < -0.4 is 11.1 Å². The second-order valence-corrected chi connectivity index (χ2v) is 4.36. The first-order chi connectivity index (χ1) is 6.31. The average molecular weight is 182 g/mol. The lowest BCUT2D eigenvalue weighted by atomic mass is 9.88. The van der Waals surface area contributed by atoms with E-state index in [1.807, 2.05) is 0 Å². The number of amides is 1. The van der Waals surface area contributed by atoms with Crippen molar-refractivity contribution in [1.29, 1.82) is 0 Å². The third-order valence-electron chi connectivity index (χ3n) is 3.52. The summed E-state index contributed by atoms with van der Waals surface area (Å²) < 4.78 is 0. The number of nitrogens with one attached hydrogen (secondary N) is 1. The van der Waals surface area contributed by atoms with Crippen LogP contribution in [0.15, 0.2) is 0 Å². The summed E-state index contributed by atoms with van der Waals surface area (Å²) in [6.07, 6.45) is 5.04. The van der Waals surface area contributed by atoms with E-state index in [9.17, 15) is 4.79 Å². The van der Waals surface area contributed by atoms with E-state index in [2.05, 4.69) is 5.32 Å². The highest BCUT2D eigenvalue weighted by Gasteiger charge is 2.42. The summed E-state index contributed by atoms with van der Waals surface area (Å²) in [4.78, 5) is 11.6. The Kier molecular flexibility index (Phi) is 2.54. The first kappa shape index (κ1) is 9.00. The van der Waals surface area contributed by atoms with Crippen molar-refractivity contribution in [3.63, 3.8) is 0 Å². The number of hydrogen-bond acceptors (Lipinski definition) is 2. The molecule has 2 aliphatic rings. The Bertz CT molecular complexity index is 205. The van der Waals surface area contributed by atoms with Crippen molar-refractivity contribution < 1.29 is 4.79 Å². The van der Waals surface area contributed by atoms with Gasteiger partial charge in [-0.3, -0.25) is 4.79 Å². The van der Waals surface area contributed by atoms with Crippen LogP contribution in [0.1, 0.15) is 25.7 Å². The molecule has 2 aliphatic carbocycles. The van der Waals surface area contributed by atoms with Gasteiger partial charge in [-0.15, -0.1) is 0 Å². The largest absolute Gasteiger partial charge is 0.355 e. The molecule has 3 atom stereocenters. The van der Waals surface area contributed by atoms with E-state index in [4.69, 9.17) is 5.73 Å². The minimum absolute atomic E-state index is 0.248. The molecule has 0 aromatic carbocycles. The summed E-state index contributed by atoms with van der Waals surface area (Å²) >= 11 is 0. The Morgan fingerprint density at radius 2 is 2.23 bits per heavy atom. The Hall–Kier alpha value is -0.570. The molecular formula is C10H18N2O. The van der Waals surface area contributed by atoms with Crippen LogP contribution in [-0.4, -0.2) is 19.0 Å². The number of carbonyl (C=O) groups excluding carboxylic acids is 1. The van der Waals surface area contributed by atoms with Crippen molar-refractivity contribution in [2.24, 2.45) is 23.5 Å². The number of hydrogen-bond donors (Lipinski definition) is 2. The van der Waals surface area contributed by atoms with Crippen LogP contribution in [0, 0.1) is 17.8 Å². The lowest BCUT2D eigenvalue weighted by molar-refractivity contribution is -0.126. The smallest absolute Gasteiger partial charge is 0.223 e. The van der Waals surface area contributed by atoms with E-state index >= 15 is 0 Å². The van der Waals surface area contributed by atoms with Crippen LogP contribution in [0.3, 0.4) is 0 Å². The molecule has 0 aliphatic heterocycles. The predicted molar refractivity (Wildman–Crippen MR) is 51.0 cm³/mol. The third kappa shape index (κ3) is 1.70. The van der Waals surface area contributed by atoms with Gasteiger partial charge in [0.25, 0.3) is 0 Å². The number of fused-ring (bicyclic) bond motifs is 2. The second-order valence-electron chi connectivity index (χ2n) is 4.36. The maximum absolute atomic E-state index is 11.6. The van der Waals surface area contributed by atoms with Gasteiger partial charge in [0.15, 0.2) is 0 Å². The maximum Gasteiger partial charge on any atom is 0.223 e. The molecule has 74 valence electrons. The lowest BCUT2D eigenvalue weighted by Gasteiger charge is -2.20. The molecule has 2 saturated carbocycles. The van der Waals surface area contributed by atoms with Crippen LogP contribution >= 0.6 is 0 Å². The van der Waals surface area contributed by atoms with Gasteiger partial charge in [-0.1, -0.05) is 6.42 Å². The topological polar surface area (TPSA) is 55.1 Å². The van der Waals surface area contributed by atoms with Gasteiger partial charge >= 0.3 is 0 Å². The van der Waals surface area contributed by atoms with Crippen LogP contribution in [0.2, 0.25) is 0 Å². The van der Waals surface area contributed by atoms with E-state index in [-0.39, 0.29) is 5.91 Å². The van der Waals surface area contributed by atoms with E-state index in [1.54, 1.807) is 0 Å². The summed E-state index contributed by atoms with van der Waals surface area (Å²) in [5.41, 5.74) is 5.34. The van der Waals surface area contributed by atoms with Gasteiger partial charge in [0.1, 0.15) is 0 Å². The first-order valence-corrected chi connectivity index (χ1v) is 5.29. The number of rotatable bonds is 3. The summed E-state index contributed by atoms with van der Waals surface area (Å²) in [5.74, 6) is 2.09. The predicted octanol–water partition coefficient (Wildman–Crippen LogP) is 0.497. The molecule has 2 fully saturated rings. The summed E-state index contributed by atoms with van der Waals surface area (Å²) in [6, 6.07) is 0. The van der Waals surface area contributed by atoms with Crippen molar-refractivity contribution in [2.45, 2.75) is 25.7 Å². The molecular weight excluding hydrogens is 164 g/mol. The van der Waals surface area contributed by atoms with Gasteiger partial charge < -0.3 is 11.1 Å². The molecule has 3 unspecified atom stereocenters. The summed E-state index contributed by atoms with van der Waals surface area (Å²) in [6.45, 7) is 1.18. The molecule has 3 nitrogen and oxygen atoms in total. The highest BCUT2D eigenvalue weighted by atomic mass is 16.1.